The highest BCUT2D eigenvalue weighted by molar-refractivity contribution is 7.59. The summed E-state index contributed by atoms with van der Waals surface area (Å²) in [6, 6.07) is 11.3. The molecule has 168 valence electrons. The zero-order valence-corrected chi connectivity index (χ0v) is 18.4. The number of rotatable bonds is 3. The lowest BCUT2D eigenvalue weighted by Gasteiger charge is -2.32. The predicted octanol–water partition coefficient (Wildman–Crippen LogP) is 5.14. The molecule has 2 aromatic carbocycles. The molecular weight excluding hydrogens is 465 g/mol. The third-order valence-electron chi connectivity index (χ3n) is 4.96. The van der Waals surface area contributed by atoms with E-state index in [-0.39, 0.29) is 43.2 Å². The van der Waals surface area contributed by atoms with Gasteiger partial charge in [-0.15, -0.1) is 0 Å². The summed E-state index contributed by atoms with van der Waals surface area (Å²) < 4.78 is 40.5. The smallest absolute Gasteiger partial charge is 0.319 e. The zero-order chi connectivity index (χ0) is 22.3. The van der Waals surface area contributed by atoms with Crippen LogP contribution in [0.15, 0.2) is 54.7 Å². The van der Waals surface area contributed by atoms with Gasteiger partial charge in [-0.05, 0) is 37.3 Å². The molecule has 1 aromatic heterocycles. The van der Waals surface area contributed by atoms with Crippen molar-refractivity contribution in [3.8, 4) is 0 Å². The molecule has 1 atom stereocenters. The number of halogens is 4. The minimum Gasteiger partial charge on any atom is -0.319 e. The van der Waals surface area contributed by atoms with Crippen molar-refractivity contribution in [2.75, 3.05) is 16.8 Å². The molecule has 3 aromatic rings. The highest BCUT2D eigenvalue weighted by Crippen LogP contribution is 2.38. The molecule has 2 heterocycles. The Morgan fingerprint density at radius 2 is 1.88 bits per heavy atom. The van der Waals surface area contributed by atoms with E-state index in [1.807, 2.05) is 6.92 Å². The predicted molar refractivity (Wildman–Crippen MR) is 120 cm³/mol. The van der Waals surface area contributed by atoms with Gasteiger partial charge < -0.3 is 10.2 Å². The molecule has 6 nitrogen and oxygen atoms in total. The number of benzene rings is 2. The Kier molecular flexibility index (Phi) is 6.56. The van der Waals surface area contributed by atoms with E-state index in [4.69, 9.17) is 11.6 Å². The van der Waals surface area contributed by atoms with Crippen LogP contribution in [0, 0.1) is 0 Å². The van der Waals surface area contributed by atoms with Gasteiger partial charge in [0.05, 0.1) is 28.5 Å². The number of carbonyl (C=O) groups is 2. The number of anilines is 2. The lowest BCUT2D eigenvalue weighted by Crippen LogP contribution is -2.43. The van der Waals surface area contributed by atoms with E-state index in [1.165, 1.54) is 21.8 Å². The molecule has 0 saturated carbocycles. The summed E-state index contributed by atoms with van der Waals surface area (Å²) in [5, 5.41) is 6.39. The van der Waals surface area contributed by atoms with E-state index in [0.717, 1.165) is 12.1 Å². The summed E-state index contributed by atoms with van der Waals surface area (Å²) in [6.07, 6.45) is -3.21. The van der Waals surface area contributed by atoms with Crippen molar-refractivity contribution in [2.24, 2.45) is 0 Å². The molecule has 4 rings (SSSR count). The van der Waals surface area contributed by atoms with Crippen LogP contribution in [0.25, 0.3) is 0 Å². The first-order chi connectivity index (χ1) is 14.7. The van der Waals surface area contributed by atoms with Crippen molar-refractivity contribution in [3.05, 3.63) is 76.6 Å². The standard InChI is InChI=1S/C21H16ClF3N4O2.H2S/c1-12-11-28(14-7-8-15(16(22)9-14)21(23,24)25)20(31)18-17(10-26-29(12)18)27-19(30)13-5-3-2-4-6-13;/h2-10,12H,11H2,1H3,(H,27,30);1H2/t12-;/m0./s1. The van der Waals surface area contributed by atoms with Crippen molar-refractivity contribution in [1.82, 2.24) is 9.78 Å². The largest absolute Gasteiger partial charge is 0.417 e. The topological polar surface area (TPSA) is 67.2 Å². The van der Waals surface area contributed by atoms with E-state index in [0.29, 0.717) is 5.56 Å². The molecule has 0 saturated heterocycles. The maximum Gasteiger partial charge on any atom is 0.417 e. The zero-order valence-electron chi connectivity index (χ0n) is 16.7. The van der Waals surface area contributed by atoms with Gasteiger partial charge in [-0.25, -0.2) is 0 Å². The van der Waals surface area contributed by atoms with E-state index >= 15 is 0 Å². The number of nitrogens with one attached hydrogen (secondary N) is 1. The van der Waals surface area contributed by atoms with E-state index in [2.05, 4.69) is 10.4 Å². The van der Waals surface area contributed by atoms with Crippen LogP contribution in [-0.2, 0) is 6.18 Å². The van der Waals surface area contributed by atoms with Crippen LogP contribution < -0.4 is 10.2 Å². The molecule has 0 spiro atoms. The maximum atomic E-state index is 13.2. The highest BCUT2D eigenvalue weighted by atomic mass is 35.5. The number of carbonyl (C=O) groups excluding carboxylic acids is 2. The lowest BCUT2D eigenvalue weighted by molar-refractivity contribution is -0.137. The fourth-order valence-electron chi connectivity index (χ4n) is 3.46. The van der Waals surface area contributed by atoms with Crippen molar-refractivity contribution < 1.29 is 22.8 Å². The summed E-state index contributed by atoms with van der Waals surface area (Å²) in [5.41, 5.74) is 0.0107. The van der Waals surface area contributed by atoms with Crippen molar-refractivity contribution >= 4 is 48.3 Å². The average Bonchev–Trinajstić information content (AvgIpc) is 3.15. The fraction of sp³-hybridized carbons (Fsp3) is 0.190. The van der Waals surface area contributed by atoms with Crippen molar-refractivity contribution in [1.29, 1.82) is 0 Å². The Balaban J connectivity index is 0.00000289. The number of amides is 2. The molecule has 1 aliphatic heterocycles. The van der Waals surface area contributed by atoms with Crippen LogP contribution >= 0.6 is 25.1 Å². The number of hydrogen-bond donors (Lipinski definition) is 1. The molecule has 0 unspecified atom stereocenters. The van der Waals surface area contributed by atoms with Crippen molar-refractivity contribution in [2.45, 2.75) is 19.1 Å². The summed E-state index contributed by atoms with van der Waals surface area (Å²) in [6.45, 7) is 1.99. The van der Waals surface area contributed by atoms with Crippen LogP contribution in [0.4, 0.5) is 24.5 Å². The van der Waals surface area contributed by atoms with Crippen molar-refractivity contribution in [3.63, 3.8) is 0 Å². The Hall–Kier alpha value is -2.98. The molecule has 1 N–H and O–H groups in total. The third-order valence-corrected chi connectivity index (χ3v) is 5.27. The molecular formula is C21H18ClF3N4O2S. The molecule has 0 aliphatic carbocycles. The van der Waals surface area contributed by atoms with E-state index in [1.54, 1.807) is 30.3 Å². The molecule has 1 aliphatic rings. The number of fused-ring (bicyclic) bond motifs is 1. The molecule has 0 fully saturated rings. The normalized spacial score (nSPS) is 15.7. The van der Waals surface area contributed by atoms with Crippen LogP contribution in [0.3, 0.4) is 0 Å². The maximum absolute atomic E-state index is 13.2. The fourth-order valence-corrected chi connectivity index (χ4v) is 3.74. The first kappa shape index (κ1) is 23.7. The van der Waals surface area contributed by atoms with Crippen LogP contribution in [0.2, 0.25) is 5.02 Å². The van der Waals surface area contributed by atoms with E-state index < -0.39 is 28.6 Å². The van der Waals surface area contributed by atoms with Gasteiger partial charge in [0, 0.05) is 17.8 Å². The number of nitrogens with zero attached hydrogens (tertiary/aromatic N) is 3. The van der Waals surface area contributed by atoms with Gasteiger partial charge >= 0.3 is 6.18 Å². The van der Waals surface area contributed by atoms with Gasteiger partial charge in [-0.2, -0.15) is 31.8 Å². The summed E-state index contributed by atoms with van der Waals surface area (Å²) >= 11 is 5.83. The van der Waals surface area contributed by atoms with Gasteiger partial charge in [-0.3, -0.25) is 14.3 Å². The molecule has 0 bridgehead atoms. The lowest BCUT2D eigenvalue weighted by atomic mass is 10.1. The monoisotopic (exact) mass is 482 g/mol. The van der Waals surface area contributed by atoms with Gasteiger partial charge in [0.1, 0.15) is 0 Å². The van der Waals surface area contributed by atoms with E-state index in [9.17, 15) is 22.8 Å². The van der Waals surface area contributed by atoms with Gasteiger partial charge in [0.25, 0.3) is 11.8 Å². The van der Waals surface area contributed by atoms with Gasteiger partial charge in [0.2, 0.25) is 0 Å². The molecule has 2 amide bonds. The number of hydrogen-bond acceptors (Lipinski definition) is 3. The summed E-state index contributed by atoms with van der Waals surface area (Å²) in [5.74, 6) is -0.915. The second kappa shape index (κ2) is 8.87. The Labute approximate surface area is 193 Å². The first-order valence-electron chi connectivity index (χ1n) is 9.29. The minimum absolute atomic E-state index is 0. The van der Waals surface area contributed by atoms with Crippen LogP contribution in [-0.4, -0.2) is 28.1 Å². The Morgan fingerprint density at radius 3 is 2.50 bits per heavy atom. The summed E-state index contributed by atoms with van der Waals surface area (Å²) in [4.78, 5) is 27.0. The number of aromatic nitrogens is 2. The molecule has 11 heteroatoms. The Morgan fingerprint density at radius 1 is 1.19 bits per heavy atom. The Bertz CT molecular complexity index is 1170. The van der Waals surface area contributed by atoms with Gasteiger partial charge in [-0.1, -0.05) is 29.8 Å². The minimum atomic E-state index is -4.59. The SMILES string of the molecule is C[C@H]1CN(c2ccc(C(F)(F)F)c(Cl)c2)C(=O)c2c(NC(=O)c3ccccc3)cnn21.S. The van der Waals surface area contributed by atoms with Gasteiger partial charge in [0.15, 0.2) is 5.69 Å². The summed E-state index contributed by atoms with van der Waals surface area (Å²) in [7, 11) is 0. The number of alkyl halides is 3. The average molecular weight is 483 g/mol. The van der Waals surface area contributed by atoms with Crippen LogP contribution in [0.5, 0.6) is 0 Å². The second-order valence-electron chi connectivity index (χ2n) is 7.10. The first-order valence-corrected chi connectivity index (χ1v) is 9.67. The highest BCUT2D eigenvalue weighted by Gasteiger charge is 2.36. The molecule has 0 radical (unpaired) electrons. The second-order valence-corrected chi connectivity index (χ2v) is 7.51. The molecule has 32 heavy (non-hydrogen) atoms. The quantitative estimate of drug-likeness (QED) is 0.562. The van der Waals surface area contributed by atoms with Crippen LogP contribution in [0.1, 0.15) is 39.4 Å². The third kappa shape index (κ3) is 4.33.